The van der Waals surface area contributed by atoms with Crippen LogP contribution in [-0.2, 0) is 10.3 Å². The normalized spacial score (nSPS) is 31.7. The van der Waals surface area contributed by atoms with Gasteiger partial charge < -0.3 is 5.32 Å². The van der Waals surface area contributed by atoms with E-state index in [4.69, 9.17) is 0 Å². The topological polar surface area (TPSA) is 75.5 Å². The van der Waals surface area contributed by atoms with Gasteiger partial charge in [-0.15, -0.1) is 0 Å². The smallest absolute Gasteiger partial charge is 0.250 e. The maximum atomic E-state index is 13.4. The Kier molecular flexibility index (Phi) is 3.43. The van der Waals surface area contributed by atoms with Crippen molar-refractivity contribution in [1.82, 2.24) is 4.90 Å². The molecule has 4 unspecified atom stereocenters. The molecule has 6 nitrogen and oxygen atoms in total. The summed E-state index contributed by atoms with van der Waals surface area (Å²) in [5.74, 6) is -0.646. The lowest BCUT2D eigenvalue weighted by atomic mass is 9.73. The van der Waals surface area contributed by atoms with Crippen LogP contribution in [0.5, 0.6) is 0 Å². The van der Waals surface area contributed by atoms with Crippen LogP contribution < -0.4 is 5.32 Å². The van der Waals surface area contributed by atoms with E-state index in [0.717, 1.165) is 35.2 Å². The van der Waals surface area contributed by atoms with Gasteiger partial charge in [-0.25, -0.2) is 0 Å². The molecule has 0 saturated carbocycles. The van der Waals surface area contributed by atoms with Crippen LogP contribution in [0.1, 0.15) is 35.4 Å². The van der Waals surface area contributed by atoms with Crippen molar-refractivity contribution in [3.8, 4) is 0 Å². The lowest BCUT2D eigenvalue weighted by Gasteiger charge is -2.36. The summed E-state index contributed by atoms with van der Waals surface area (Å²) in [5, 5.41) is 15.2. The number of carbonyl (C=O) groups excluding carboxylic acids is 1. The van der Waals surface area contributed by atoms with Crippen molar-refractivity contribution >= 4 is 11.6 Å². The SMILES string of the molecule is Cc1ccc(C2C([N+](=O)[O-])C3CCCN3C23C(=O)Nc2ccccc23)cc1. The van der Waals surface area contributed by atoms with Crippen LogP contribution in [-0.4, -0.2) is 34.4 Å². The fourth-order valence-corrected chi connectivity index (χ4v) is 5.57. The molecule has 3 aliphatic heterocycles. The lowest BCUT2D eigenvalue weighted by molar-refractivity contribution is -0.527. The first-order valence-corrected chi connectivity index (χ1v) is 9.43. The third-order valence-electron chi connectivity index (χ3n) is 6.55. The molecule has 3 heterocycles. The van der Waals surface area contributed by atoms with Gasteiger partial charge in [0.15, 0.2) is 0 Å². The molecule has 0 radical (unpaired) electrons. The van der Waals surface area contributed by atoms with Crippen LogP contribution in [0, 0.1) is 17.0 Å². The first kappa shape index (κ1) is 16.4. The summed E-state index contributed by atoms with van der Waals surface area (Å²) in [6, 6.07) is 14.5. The van der Waals surface area contributed by atoms with Crippen LogP contribution in [0.25, 0.3) is 0 Å². The number of nitro groups is 1. The van der Waals surface area contributed by atoms with Crippen LogP contribution in [0.2, 0.25) is 0 Å². The Bertz CT molecular complexity index is 942. The van der Waals surface area contributed by atoms with E-state index in [1.54, 1.807) is 0 Å². The van der Waals surface area contributed by atoms with E-state index in [2.05, 4.69) is 10.2 Å². The fraction of sp³-hybridized carbons (Fsp3) is 0.381. The molecule has 0 aliphatic carbocycles. The number of hydrogen-bond acceptors (Lipinski definition) is 4. The second-order valence-corrected chi connectivity index (χ2v) is 7.83. The van der Waals surface area contributed by atoms with E-state index in [-0.39, 0.29) is 16.9 Å². The van der Waals surface area contributed by atoms with E-state index in [1.165, 1.54) is 0 Å². The summed E-state index contributed by atoms with van der Waals surface area (Å²) in [7, 11) is 0. The molecular weight excluding hydrogens is 342 g/mol. The van der Waals surface area contributed by atoms with Gasteiger partial charge in [-0.3, -0.25) is 19.8 Å². The Labute approximate surface area is 157 Å². The van der Waals surface area contributed by atoms with Gasteiger partial charge in [0.05, 0.1) is 12.0 Å². The maximum Gasteiger partial charge on any atom is 0.250 e. The van der Waals surface area contributed by atoms with Crippen molar-refractivity contribution in [2.45, 2.75) is 43.3 Å². The van der Waals surface area contributed by atoms with Crippen molar-refractivity contribution in [3.05, 3.63) is 75.3 Å². The number of carbonyl (C=O) groups is 1. The molecule has 2 fully saturated rings. The lowest BCUT2D eigenvalue weighted by Crippen LogP contribution is -2.50. The zero-order valence-electron chi connectivity index (χ0n) is 15.1. The highest BCUT2D eigenvalue weighted by Gasteiger charge is 2.71. The zero-order valence-corrected chi connectivity index (χ0v) is 15.1. The molecule has 0 aromatic heterocycles. The van der Waals surface area contributed by atoms with E-state index < -0.39 is 17.5 Å². The predicted molar refractivity (Wildman–Crippen MR) is 101 cm³/mol. The summed E-state index contributed by atoms with van der Waals surface area (Å²) in [6.45, 7) is 2.70. The Morgan fingerprint density at radius 2 is 1.93 bits per heavy atom. The van der Waals surface area contributed by atoms with Crippen LogP contribution >= 0.6 is 0 Å². The zero-order chi connectivity index (χ0) is 18.8. The molecule has 1 N–H and O–H groups in total. The number of rotatable bonds is 2. The average Bonchev–Trinajstić information content (AvgIpc) is 3.29. The Balaban J connectivity index is 1.80. The van der Waals surface area contributed by atoms with E-state index in [1.807, 2.05) is 55.5 Å². The number of aryl methyl sites for hydroxylation is 1. The predicted octanol–water partition coefficient (Wildman–Crippen LogP) is 3.05. The monoisotopic (exact) mass is 363 g/mol. The molecule has 2 aromatic carbocycles. The summed E-state index contributed by atoms with van der Waals surface area (Å²) < 4.78 is 0. The van der Waals surface area contributed by atoms with Gasteiger partial charge >= 0.3 is 0 Å². The summed E-state index contributed by atoms with van der Waals surface area (Å²) in [6.07, 6.45) is 1.64. The van der Waals surface area contributed by atoms with Crippen molar-refractivity contribution in [2.24, 2.45) is 0 Å². The molecule has 138 valence electrons. The molecule has 6 heteroatoms. The number of fused-ring (bicyclic) bond motifs is 4. The van der Waals surface area contributed by atoms with E-state index in [0.29, 0.717) is 6.54 Å². The van der Waals surface area contributed by atoms with Gasteiger partial charge in [-0.2, -0.15) is 0 Å². The number of nitrogens with zero attached hydrogens (tertiary/aromatic N) is 2. The maximum absolute atomic E-state index is 13.4. The van der Waals surface area contributed by atoms with Gasteiger partial charge in [-0.1, -0.05) is 48.0 Å². The van der Waals surface area contributed by atoms with Crippen molar-refractivity contribution in [2.75, 3.05) is 11.9 Å². The highest BCUT2D eigenvalue weighted by molar-refractivity contribution is 6.07. The molecular formula is C21H21N3O3. The number of amides is 1. The number of nitrogens with one attached hydrogen (secondary N) is 1. The van der Waals surface area contributed by atoms with E-state index >= 15 is 0 Å². The minimum absolute atomic E-state index is 0.134. The molecule has 1 spiro atoms. The van der Waals surface area contributed by atoms with Crippen molar-refractivity contribution in [3.63, 3.8) is 0 Å². The Morgan fingerprint density at radius 3 is 2.67 bits per heavy atom. The summed E-state index contributed by atoms with van der Waals surface area (Å²) in [5.41, 5.74) is 2.60. The number of benzene rings is 2. The molecule has 2 aromatic rings. The first-order valence-electron chi connectivity index (χ1n) is 9.43. The quantitative estimate of drug-likeness (QED) is 0.657. The molecule has 27 heavy (non-hydrogen) atoms. The fourth-order valence-electron chi connectivity index (χ4n) is 5.57. The van der Waals surface area contributed by atoms with Gasteiger partial charge in [0.25, 0.3) is 5.91 Å². The Hall–Kier alpha value is -2.73. The van der Waals surface area contributed by atoms with Crippen molar-refractivity contribution < 1.29 is 9.72 Å². The van der Waals surface area contributed by atoms with Gasteiger partial charge in [-0.05, 0) is 31.4 Å². The van der Waals surface area contributed by atoms with Gasteiger partial charge in [0.2, 0.25) is 6.04 Å². The molecule has 3 aliphatic rings. The summed E-state index contributed by atoms with van der Waals surface area (Å²) in [4.78, 5) is 27.6. The number of anilines is 1. The average molecular weight is 363 g/mol. The second kappa shape index (κ2) is 5.63. The molecule has 2 saturated heterocycles. The van der Waals surface area contributed by atoms with Crippen molar-refractivity contribution in [1.29, 1.82) is 0 Å². The molecule has 1 amide bonds. The summed E-state index contributed by atoms with van der Waals surface area (Å²) >= 11 is 0. The standard InChI is InChI=1S/C21H21N3O3/c1-13-8-10-14(11-9-13)18-19(24(26)27)17-7-4-12-23(17)21(18)15-5-2-3-6-16(15)22-20(21)25/h2-3,5-6,8-11,17-19H,4,7,12H2,1H3,(H,22,25). The molecule has 4 atom stereocenters. The number of para-hydroxylation sites is 1. The van der Waals surface area contributed by atoms with Gasteiger partial charge in [0, 0.05) is 22.7 Å². The minimum Gasteiger partial charge on any atom is -0.324 e. The van der Waals surface area contributed by atoms with Gasteiger partial charge in [0.1, 0.15) is 5.54 Å². The largest absolute Gasteiger partial charge is 0.324 e. The third kappa shape index (κ3) is 2.02. The molecule has 0 bridgehead atoms. The molecule has 5 rings (SSSR count). The first-order chi connectivity index (χ1) is 13.0. The number of hydrogen-bond donors (Lipinski definition) is 1. The highest BCUT2D eigenvalue weighted by Crippen LogP contribution is 2.59. The Morgan fingerprint density at radius 1 is 1.19 bits per heavy atom. The highest BCUT2D eigenvalue weighted by atomic mass is 16.6. The van der Waals surface area contributed by atoms with Crippen LogP contribution in [0.4, 0.5) is 5.69 Å². The van der Waals surface area contributed by atoms with E-state index in [9.17, 15) is 14.9 Å². The third-order valence-corrected chi connectivity index (χ3v) is 6.55. The van der Waals surface area contributed by atoms with Crippen LogP contribution in [0.3, 0.4) is 0 Å². The van der Waals surface area contributed by atoms with Crippen LogP contribution in [0.15, 0.2) is 48.5 Å². The minimum atomic E-state index is -1.01. The second-order valence-electron chi connectivity index (χ2n) is 7.83.